The van der Waals surface area contributed by atoms with Crippen LogP contribution in [0, 0.1) is 10.1 Å². The molecule has 0 spiro atoms. The maximum absolute atomic E-state index is 13.1. The Morgan fingerprint density at radius 3 is 2.37 bits per heavy atom. The lowest BCUT2D eigenvalue weighted by molar-refractivity contribution is -0.387. The molecule has 3 aromatic rings. The first-order valence-corrected chi connectivity index (χ1v) is 12.5. The first-order chi connectivity index (χ1) is 16.7. The zero-order valence-electron chi connectivity index (χ0n) is 18.8. The second-order valence-electron chi connectivity index (χ2n) is 7.85. The highest BCUT2D eigenvalue weighted by Crippen LogP contribution is 2.32. The minimum absolute atomic E-state index is 0.0486. The van der Waals surface area contributed by atoms with E-state index in [1.165, 1.54) is 30.3 Å². The third kappa shape index (κ3) is 4.94. The van der Waals surface area contributed by atoms with E-state index in [2.05, 4.69) is 4.90 Å². The van der Waals surface area contributed by atoms with Gasteiger partial charge in [0.1, 0.15) is 10.6 Å². The number of anilines is 1. The molecule has 1 amide bonds. The third-order valence-corrected chi connectivity index (χ3v) is 7.83. The molecule has 0 unspecified atom stereocenters. The number of carbonyl (C=O) groups is 1. The molecule has 1 heterocycles. The quantitative estimate of drug-likeness (QED) is 0.359. The molecule has 0 aliphatic carbocycles. The van der Waals surface area contributed by atoms with E-state index in [0.29, 0.717) is 26.2 Å². The average molecular weight is 516 g/mol. The van der Waals surface area contributed by atoms with Gasteiger partial charge in [-0.05, 0) is 42.5 Å². The van der Waals surface area contributed by atoms with Crippen LogP contribution in [0.3, 0.4) is 0 Å². The zero-order chi connectivity index (χ0) is 25.2. The number of nitro groups is 1. The van der Waals surface area contributed by atoms with E-state index in [4.69, 9.17) is 16.3 Å². The van der Waals surface area contributed by atoms with Gasteiger partial charge in [-0.1, -0.05) is 29.8 Å². The summed E-state index contributed by atoms with van der Waals surface area (Å²) < 4.78 is 31.5. The van der Waals surface area contributed by atoms with E-state index in [9.17, 15) is 23.3 Å². The van der Waals surface area contributed by atoms with Crippen molar-refractivity contribution in [2.45, 2.75) is 9.79 Å². The second-order valence-corrected chi connectivity index (χ2v) is 10.2. The Hall–Kier alpha value is -3.63. The molecule has 0 bridgehead atoms. The number of hydrogen-bond acceptors (Lipinski definition) is 7. The van der Waals surface area contributed by atoms with E-state index in [1.54, 1.807) is 12.0 Å². The molecule has 1 aliphatic rings. The largest absolute Gasteiger partial charge is 0.495 e. The molecule has 1 fully saturated rings. The average Bonchev–Trinajstić information content (AvgIpc) is 2.88. The van der Waals surface area contributed by atoms with Gasteiger partial charge in [-0.3, -0.25) is 14.9 Å². The fourth-order valence-corrected chi connectivity index (χ4v) is 5.71. The SMILES string of the molecule is COc1ccccc1N1CCN(C(=O)c2ccc(S(=O)(=O)c3cccc(Cl)c3)c([N+](=O)[O-])c2)CC1. The molecule has 0 radical (unpaired) electrons. The van der Waals surface area contributed by atoms with Gasteiger partial charge in [0.25, 0.3) is 11.6 Å². The van der Waals surface area contributed by atoms with Crippen LogP contribution in [-0.2, 0) is 9.84 Å². The number of benzene rings is 3. The smallest absolute Gasteiger partial charge is 0.289 e. The van der Waals surface area contributed by atoms with Gasteiger partial charge in [0.15, 0.2) is 0 Å². The van der Waals surface area contributed by atoms with Gasteiger partial charge in [-0.15, -0.1) is 0 Å². The van der Waals surface area contributed by atoms with Crippen LogP contribution in [0.2, 0.25) is 5.02 Å². The molecule has 1 aliphatic heterocycles. The van der Waals surface area contributed by atoms with E-state index in [-0.39, 0.29) is 15.5 Å². The maximum atomic E-state index is 13.1. The summed E-state index contributed by atoms with van der Waals surface area (Å²) in [7, 11) is -2.62. The summed E-state index contributed by atoms with van der Waals surface area (Å²) in [5, 5.41) is 11.9. The number of rotatable bonds is 6. The van der Waals surface area contributed by atoms with Gasteiger partial charge in [0.2, 0.25) is 9.84 Å². The number of amides is 1. The van der Waals surface area contributed by atoms with E-state index >= 15 is 0 Å². The predicted molar refractivity (Wildman–Crippen MR) is 131 cm³/mol. The van der Waals surface area contributed by atoms with Crippen molar-refractivity contribution < 1.29 is 22.9 Å². The number of methoxy groups -OCH3 is 1. The molecule has 3 aromatic carbocycles. The first kappa shape index (κ1) is 24.5. The Kier molecular flexibility index (Phi) is 6.95. The van der Waals surface area contributed by atoms with E-state index in [1.807, 2.05) is 24.3 Å². The summed E-state index contributed by atoms with van der Waals surface area (Å²) in [5.74, 6) is 0.332. The zero-order valence-corrected chi connectivity index (χ0v) is 20.3. The fourth-order valence-electron chi connectivity index (χ4n) is 4.01. The van der Waals surface area contributed by atoms with Crippen molar-refractivity contribution in [3.63, 3.8) is 0 Å². The van der Waals surface area contributed by atoms with Gasteiger partial charge >= 0.3 is 0 Å². The van der Waals surface area contributed by atoms with Crippen LogP contribution in [0.4, 0.5) is 11.4 Å². The lowest BCUT2D eigenvalue weighted by Gasteiger charge is -2.36. The van der Waals surface area contributed by atoms with Crippen LogP contribution in [0.5, 0.6) is 5.75 Å². The number of carbonyl (C=O) groups excluding carboxylic acids is 1. The summed E-state index contributed by atoms with van der Waals surface area (Å²) in [4.78, 5) is 27.1. The summed E-state index contributed by atoms with van der Waals surface area (Å²) in [6.07, 6.45) is 0. The fraction of sp³-hybridized carbons (Fsp3) is 0.208. The van der Waals surface area contributed by atoms with Gasteiger partial charge in [-0.25, -0.2) is 8.42 Å². The van der Waals surface area contributed by atoms with Gasteiger partial charge in [-0.2, -0.15) is 0 Å². The number of nitrogens with zero attached hydrogens (tertiary/aromatic N) is 3. The normalized spacial score (nSPS) is 14.0. The Morgan fingerprint density at radius 1 is 1.00 bits per heavy atom. The highest BCUT2D eigenvalue weighted by atomic mass is 35.5. The summed E-state index contributed by atoms with van der Waals surface area (Å²) in [6, 6.07) is 16.5. The van der Waals surface area contributed by atoms with E-state index < -0.39 is 31.3 Å². The molecular formula is C24H22ClN3O6S. The van der Waals surface area contributed by atoms with Crippen molar-refractivity contribution in [2.24, 2.45) is 0 Å². The molecule has 11 heteroatoms. The number of ether oxygens (including phenoxy) is 1. The number of para-hydroxylation sites is 2. The highest BCUT2D eigenvalue weighted by Gasteiger charge is 2.31. The molecule has 0 atom stereocenters. The lowest BCUT2D eigenvalue weighted by atomic mass is 10.1. The Balaban J connectivity index is 1.57. The molecular weight excluding hydrogens is 494 g/mol. The van der Waals surface area contributed by atoms with Crippen molar-refractivity contribution in [3.8, 4) is 5.75 Å². The number of hydrogen-bond donors (Lipinski definition) is 0. The van der Waals surface area contributed by atoms with Crippen LogP contribution in [-0.4, -0.2) is 57.4 Å². The van der Waals surface area contributed by atoms with E-state index in [0.717, 1.165) is 23.6 Å². The molecule has 0 aromatic heterocycles. The number of sulfone groups is 1. The second kappa shape index (κ2) is 9.93. The Bertz CT molecular complexity index is 1390. The van der Waals surface area contributed by atoms with Crippen LogP contribution in [0.25, 0.3) is 0 Å². The molecule has 35 heavy (non-hydrogen) atoms. The number of piperazine rings is 1. The van der Waals surface area contributed by atoms with Gasteiger partial charge in [0, 0.05) is 42.8 Å². The third-order valence-electron chi connectivity index (χ3n) is 5.79. The Morgan fingerprint density at radius 2 is 1.71 bits per heavy atom. The standard InChI is InChI=1S/C24H22ClN3O6S/c1-34-22-8-3-2-7-20(22)26-11-13-27(14-12-26)24(29)17-9-10-23(21(15-17)28(30)31)35(32,33)19-6-4-5-18(25)16-19/h2-10,15-16H,11-14H2,1H3. The monoisotopic (exact) mass is 515 g/mol. The van der Waals surface area contributed by atoms with Crippen molar-refractivity contribution in [2.75, 3.05) is 38.2 Å². The molecule has 4 rings (SSSR count). The predicted octanol–water partition coefficient (Wildman–Crippen LogP) is 4.05. The van der Waals surface area contributed by atoms with Gasteiger partial charge < -0.3 is 14.5 Å². The van der Waals surface area contributed by atoms with Crippen molar-refractivity contribution >= 4 is 38.7 Å². The van der Waals surface area contributed by atoms with Crippen molar-refractivity contribution in [1.82, 2.24) is 4.90 Å². The highest BCUT2D eigenvalue weighted by molar-refractivity contribution is 7.91. The molecule has 0 N–H and O–H groups in total. The molecule has 9 nitrogen and oxygen atoms in total. The number of nitro benzene ring substituents is 1. The van der Waals surface area contributed by atoms with Crippen LogP contribution < -0.4 is 9.64 Å². The minimum Gasteiger partial charge on any atom is -0.495 e. The maximum Gasteiger partial charge on any atom is 0.289 e. The molecule has 1 saturated heterocycles. The van der Waals surface area contributed by atoms with Gasteiger partial charge in [0.05, 0.1) is 22.6 Å². The Labute approximate surface area is 207 Å². The van der Waals surface area contributed by atoms with Crippen molar-refractivity contribution in [1.29, 1.82) is 0 Å². The molecule has 0 saturated carbocycles. The minimum atomic E-state index is -4.22. The number of halogens is 1. The molecule has 182 valence electrons. The summed E-state index contributed by atoms with van der Waals surface area (Å²) in [6.45, 7) is 1.89. The first-order valence-electron chi connectivity index (χ1n) is 10.7. The van der Waals surface area contributed by atoms with Crippen LogP contribution in [0.1, 0.15) is 10.4 Å². The lowest BCUT2D eigenvalue weighted by Crippen LogP contribution is -2.48. The van der Waals surface area contributed by atoms with Crippen molar-refractivity contribution in [3.05, 3.63) is 87.4 Å². The summed E-state index contributed by atoms with van der Waals surface area (Å²) in [5.41, 5.74) is 0.310. The van der Waals surface area contributed by atoms with Crippen LogP contribution in [0.15, 0.2) is 76.5 Å². The van der Waals surface area contributed by atoms with Crippen LogP contribution >= 0.6 is 11.6 Å². The summed E-state index contributed by atoms with van der Waals surface area (Å²) >= 11 is 5.90. The topological polar surface area (TPSA) is 110 Å².